The van der Waals surface area contributed by atoms with Crippen LogP contribution < -0.4 is 0 Å². The van der Waals surface area contributed by atoms with Crippen LogP contribution in [-0.4, -0.2) is 46.0 Å². The Balaban J connectivity index is 2.73. The molecule has 0 spiro atoms. The summed E-state index contributed by atoms with van der Waals surface area (Å²) in [5.41, 5.74) is 1.44. The van der Waals surface area contributed by atoms with Gasteiger partial charge in [0, 0.05) is 20.3 Å². The van der Waals surface area contributed by atoms with E-state index in [1.807, 2.05) is 0 Å². The number of aryl methyl sites for hydroxylation is 2. The molecule has 2 heterocycles. The molecule has 0 aromatic carbocycles. The van der Waals surface area contributed by atoms with E-state index in [4.69, 9.17) is 0 Å². The molecule has 2 rings (SSSR count). The van der Waals surface area contributed by atoms with Crippen LogP contribution in [0.25, 0.3) is 11.5 Å². The molecule has 0 amide bonds. The summed E-state index contributed by atoms with van der Waals surface area (Å²) >= 11 is 0. The molecule has 11 heteroatoms. The van der Waals surface area contributed by atoms with Crippen molar-refractivity contribution in [3.8, 4) is 11.5 Å². The quantitative estimate of drug-likeness (QED) is 0.841. The summed E-state index contributed by atoms with van der Waals surface area (Å²) in [6.07, 6.45) is -3.54. The van der Waals surface area contributed by atoms with Gasteiger partial charge in [-0.15, -0.1) is 9.19 Å². The molecule has 7 nitrogen and oxygen atoms in total. The lowest BCUT2D eigenvalue weighted by Crippen LogP contribution is -2.33. The SMILES string of the molecule is Cc1cnc(-c2nc(C(F)(F)F)n(S(=O)(=O)N(C)C)n2)c(C)c1. The molecule has 0 bridgehead atoms. The maximum absolute atomic E-state index is 13.1. The highest BCUT2D eigenvalue weighted by Gasteiger charge is 2.42. The predicted octanol–water partition coefficient (Wildman–Crippen LogP) is 1.63. The molecule has 0 aliphatic heterocycles. The van der Waals surface area contributed by atoms with Gasteiger partial charge in [-0.3, -0.25) is 4.98 Å². The summed E-state index contributed by atoms with van der Waals surface area (Å²) in [5, 5.41) is 3.52. The number of halogens is 3. The van der Waals surface area contributed by atoms with Crippen molar-refractivity contribution in [3.63, 3.8) is 0 Å². The normalized spacial score (nSPS) is 12.9. The second-order valence-electron chi connectivity index (χ2n) is 5.07. The Morgan fingerprint density at radius 1 is 1.22 bits per heavy atom. The van der Waals surface area contributed by atoms with Gasteiger partial charge in [0.05, 0.1) is 0 Å². The van der Waals surface area contributed by atoms with Crippen molar-refractivity contribution in [2.24, 2.45) is 0 Å². The van der Waals surface area contributed by atoms with Gasteiger partial charge in [0.15, 0.2) is 0 Å². The molecule has 2 aromatic heterocycles. The molecular weight excluding hydrogens is 335 g/mol. The summed E-state index contributed by atoms with van der Waals surface area (Å²) < 4.78 is 63.9. The fourth-order valence-electron chi connectivity index (χ4n) is 1.84. The van der Waals surface area contributed by atoms with Gasteiger partial charge < -0.3 is 0 Å². The Bertz CT molecular complexity index is 843. The topological polar surface area (TPSA) is 81.0 Å². The third-order valence-electron chi connectivity index (χ3n) is 2.94. The first kappa shape index (κ1) is 17.3. The van der Waals surface area contributed by atoms with E-state index in [0.717, 1.165) is 19.7 Å². The Morgan fingerprint density at radius 2 is 1.83 bits per heavy atom. The summed E-state index contributed by atoms with van der Waals surface area (Å²) in [7, 11) is -2.26. The molecule has 0 aliphatic carbocycles. The first-order chi connectivity index (χ1) is 10.4. The number of hydrogen-bond acceptors (Lipinski definition) is 5. The van der Waals surface area contributed by atoms with Crippen LogP contribution in [0.2, 0.25) is 0 Å². The highest BCUT2D eigenvalue weighted by Crippen LogP contribution is 2.31. The lowest BCUT2D eigenvalue weighted by atomic mass is 10.1. The number of nitrogens with zero attached hydrogens (tertiary/aromatic N) is 5. The van der Waals surface area contributed by atoms with Gasteiger partial charge in [0.1, 0.15) is 5.69 Å². The van der Waals surface area contributed by atoms with E-state index in [0.29, 0.717) is 9.87 Å². The Kier molecular flexibility index (Phi) is 4.20. The van der Waals surface area contributed by atoms with Crippen LogP contribution in [0.15, 0.2) is 12.3 Å². The van der Waals surface area contributed by atoms with Crippen molar-refractivity contribution in [1.82, 2.24) is 23.5 Å². The molecule has 0 saturated carbocycles. The van der Waals surface area contributed by atoms with Gasteiger partial charge in [-0.25, -0.2) is 4.98 Å². The molecule has 0 aliphatic rings. The third kappa shape index (κ3) is 3.20. The highest BCUT2D eigenvalue weighted by molar-refractivity contribution is 7.87. The van der Waals surface area contributed by atoms with Gasteiger partial charge in [0.25, 0.3) is 5.82 Å². The van der Waals surface area contributed by atoms with E-state index < -0.39 is 28.0 Å². The van der Waals surface area contributed by atoms with Gasteiger partial charge in [0.2, 0.25) is 5.82 Å². The second-order valence-corrected chi connectivity index (χ2v) is 7.04. The summed E-state index contributed by atoms with van der Waals surface area (Å²) in [5.74, 6) is -2.02. The van der Waals surface area contributed by atoms with E-state index in [1.165, 1.54) is 6.20 Å². The minimum Gasteiger partial charge on any atom is -0.252 e. The second kappa shape index (κ2) is 5.57. The van der Waals surface area contributed by atoms with Crippen molar-refractivity contribution < 1.29 is 21.6 Å². The smallest absolute Gasteiger partial charge is 0.252 e. The van der Waals surface area contributed by atoms with Crippen LogP contribution in [0.1, 0.15) is 17.0 Å². The fourth-order valence-corrected chi connectivity index (χ4v) is 2.69. The predicted molar refractivity (Wildman–Crippen MR) is 75.7 cm³/mol. The van der Waals surface area contributed by atoms with Crippen LogP contribution in [0.3, 0.4) is 0 Å². The van der Waals surface area contributed by atoms with Crippen molar-refractivity contribution in [1.29, 1.82) is 0 Å². The lowest BCUT2D eigenvalue weighted by molar-refractivity contribution is -0.145. The van der Waals surface area contributed by atoms with Crippen molar-refractivity contribution >= 4 is 10.2 Å². The Hall–Kier alpha value is -2.01. The third-order valence-corrected chi connectivity index (χ3v) is 4.55. The molecule has 0 saturated heterocycles. The van der Waals surface area contributed by atoms with Crippen LogP contribution in [-0.2, 0) is 16.4 Å². The average Bonchev–Trinajstić information content (AvgIpc) is 2.83. The fraction of sp³-hybridized carbons (Fsp3) is 0.417. The zero-order valence-electron chi connectivity index (χ0n) is 12.7. The van der Waals surface area contributed by atoms with E-state index in [9.17, 15) is 21.6 Å². The first-order valence-electron chi connectivity index (χ1n) is 6.35. The average molecular weight is 349 g/mol. The standard InChI is InChI=1S/C12H14F3N5O2S/c1-7-5-8(2)9(16-6-7)10-17-11(12(13,14)15)20(18-10)23(21,22)19(3)4/h5-6H,1-4H3. The number of hydrogen-bond donors (Lipinski definition) is 0. The van der Waals surface area contributed by atoms with Crippen molar-refractivity contribution in [3.05, 3.63) is 29.2 Å². The zero-order valence-corrected chi connectivity index (χ0v) is 13.6. The first-order valence-corrected chi connectivity index (χ1v) is 7.75. The molecule has 126 valence electrons. The lowest BCUT2D eigenvalue weighted by Gasteiger charge is -2.13. The van der Waals surface area contributed by atoms with E-state index in [2.05, 4.69) is 15.1 Å². The van der Waals surface area contributed by atoms with Crippen molar-refractivity contribution in [2.75, 3.05) is 14.1 Å². The number of alkyl halides is 3. The molecule has 23 heavy (non-hydrogen) atoms. The maximum atomic E-state index is 13.1. The number of aromatic nitrogens is 4. The van der Waals surface area contributed by atoms with E-state index in [-0.39, 0.29) is 9.78 Å². The zero-order chi connectivity index (χ0) is 17.6. The van der Waals surface area contributed by atoms with Crippen LogP contribution in [0.5, 0.6) is 0 Å². The molecule has 0 radical (unpaired) electrons. The maximum Gasteiger partial charge on any atom is 0.452 e. The molecule has 2 aromatic rings. The minimum atomic E-state index is -4.98. The van der Waals surface area contributed by atoms with E-state index >= 15 is 0 Å². The number of pyridine rings is 1. The monoisotopic (exact) mass is 349 g/mol. The highest BCUT2D eigenvalue weighted by atomic mass is 32.2. The summed E-state index contributed by atoms with van der Waals surface area (Å²) in [6.45, 7) is 3.40. The Labute approximate surface area is 131 Å². The van der Waals surface area contributed by atoms with Gasteiger partial charge >= 0.3 is 16.4 Å². The van der Waals surface area contributed by atoms with Crippen LogP contribution in [0.4, 0.5) is 13.2 Å². The van der Waals surface area contributed by atoms with Crippen molar-refractivity contribution in [2.45, 2.75) is 20.0 Å². The molecule has 0 fully saturated rings. The van der Waals surface area contributed by atoms with Gasteiger partial charge in [-0.05, 0) is 25.0 Å². The number of rotatable bonds is 3. The Morgan fingerprint density at radius 3 is 2.30 bits per heavy atom. The molecular formula is C12H14F3N5O2S. The van der Waals surface area contributed by atoms with E-state index in [1.54, 1.807) is 19.9 Å². The summed E-state index contributed by atoms with van der Waals surface area (Å²) in [6, 6.07) is 1.69. The van der Waals surface area contributed by atoms with Gasteiger partial charge in [-0.1, -0.05) is 6.07 Å². The van der Waals surface area contributed by atoms with Gasteiger partial charge in [-0.2, -0.15) is 25.9 Å². The molecule has 0 atom stereocenters. The minimum absolute atomic E-state index is 0.0915. The van der Waals surface area contributed by atoms with Crippen LogP contribution in [0, 0.1) is 13.8 Å². The molecule has 0 unspecified atom stereocenters. The largest absolute Gasteiger partial charge is 0.452 e. The summed E-state index contributed by atoms with van der Waals surface area (Å²) in [4.78, 5) is 7.35. The molecule has 0 N–H and O–H groups in total. The van der Waals surface area contributed by atoms with Crippen LogP contribution >= 0.6 is 0 Å².